The molecule has 0 unspecified atom stereocenters. The van der Waals surface area contributed by atoms with Crippen molar-refractivity contribution in [1.82, 2.24) is 4.98 Å². The Morgan fingerprint density at radius 1 is 1.18 bits per heavy atom. The Bertz CT molecular complexity index is 540. The molecule has 0 bridgehead atoms. The molecule has 2 heteroatoms. The monoisotopic (exact) mass is 228 g/mol. The van der Waals surface area contributed by atoms with Gasteiger partial charge in [0.1, 0.15) is 0 Å². The summed E-state index contributed by atoms with van der Waals surface area (Å²) in [7, 11) is 0. The molecule has 0 saturated heterocycles. The van der Waals surface area contributed by atoms with Crippen molar-refractivity contribution in [3.8, 4) is 0 Å². The lowest BCUT2D eigenvalue weighted by atomic mass is 10.1. The van der Waals surface area contributed by atoms with Crippen LogP contribution in [0, 0.1) is 20.8 Å². The largest absolute Gasteiger partial charge is 0.359 e. The number of rotatable bonds is 2. The smallest absolute Gasteiger partial charge is 0.0685 e. The Labute approximate surface area is 103 Å². The molecule has 2 rings (SSSR count). The van der Waals surface area contributed by atoms with E-state index in [2.05, 4.69) is 50.7 Å². The molecule has 1 aliphatic rings. The van der Waals surface area contributed by atoms with Gasteiger partial charge in [-0.05, 0) is 62.5 Å². The van der Waals surface area contributed by atoms with E-state index in [9.17, 15) is 0 Å². The zero-order valence-electron chi connectivity index (χ0n) is 11.3. The second-order valence-corrected chi connectivity index (χ2v) is 4.72. The van der Waals surface area contributed by atoms with Gasteiger partial charge in [-0.15, -0.1) is 0 Å². The van der Waals surface area contributed by atoms with Crippen molar-refractivity contribution < 1.29 is 0 Å². The van der Waals surface area contributed by atoms with Crippen molar-refractivity contribution in [3.05, 3.63) is 39.4 Å². The fraction of sp³-hybridized carbons (Fsp3) is 0.400. The first-order valence-corrected chi connectivity index (χ1v) is 6.16. The van der Waals surface area contributed by atoms with E-state index in [-0.39, 0.29) is 0 Å². The molecule has 0 fully saturated rings. The summed E-state index contributed by atoms with van der Waals surface area (Å²) in [4.78, 5) is 7.91. The summed E-state index contributed by atoms with van der Waals surface area (Å²) in [5.41, 5.74) is 8.85. The van der Waals surface area contributed by atoms with Crippen LogP contribution in [0.5, 0.6) is 0 Å². The summed E-state index contributed by atoms with van der Waals surface area (Å²) >= 11 is 0. The van der Waals surface area contributed by atoms with E-state index in [1.54, 1.807) is 0 Å². The first kappa shape index (κ1) is 11.9. The van der Waals surface area contributed by atoms with Crippen LogP contribution in [0.2, 0.25) is 0 Å². The van der Waals surface area contributed by atoms with E-state index in [0.29, 0.717) is 0 Å². The SMILES string of the molecule is CCC1=C(C)C=N/C1=C\c1[nH]c(C)c(C)c1C. The van der Waals surface area contributed by atoms with Crippen molar-refractivity contribution >= 4 is 12.3 Å². The third-order valence-electron chi connectivity index (χ3n) is 3.67. The molecule has 2 heterocycles. The van der Waals surface area contributed by atoms with Gasteiger partial charge in [-0.1, -0.05) is 6.92 Å². The summed E-state index contributed by atoms with van der Waals surface area (Å²) in [6.45, 7) is 10.7. The highest BCUT2D eigenvalue weighted by molar-refractivity contribution is 5.87. The summed E-state index contributed by atoms with van der Waals surface area (Å²) in [6.07, 6.45) is 5.17. The van der Waals surface area contributed by atoms with E-state index < -0.39 is 0 Å². The van der Waals surface area contributed by atoms with Crippen molar-refractivity contribution in [1.29, 1.82) is 0 Å². The highest BCUT2D eigenvalue weighted by Gasteiger charge is 2.13. The van der Waals surface area contributed by atoms with E-state index in [0.717, 1.165) is 12.1 Å². The molecule has 0 atom stereocenters. The van der Waals surface area contributed by atoms with Gasteiger partial charge in [0, 0.05) is 17.6 Å². The van der Waals surface area contributed by atoms with Gasteiger partial charge in [0.2, 0.25) is 0 Å². The fourth-order valence-electron chi connectivity index (χ4n) is 2.26. The number of nitrogens with one attached hydrogen (secondary N) is 1. The van der Waals surface area contributed by atoms with Crippen molar-refractivity contribution in [3.63, 3.8) is 0 Å². The predicted octanol–water partition coefficient (Wildman–Crippen LogP) is 4.09. The van der Waals surface area contributed by atoms with E-state index in [4.69, 9.17) is 0 Å². The quantitative estimate of drug-likeness (QED) is 0.789. The highest BCUT2D eigenvalue weighted by Crippen LogP contribution is 2.28. The molecule has 0 saturated carbocycles. The van der Waals surface area contributed by atoms with Gasteiger partial charge in [-0.25, -0.2) is 0 Å². The topological polar surface area (TPSA) is 28.1 Å². The van der Waals surface area contributed by atoms with Gasteiger partial charge in [0.15, 0.2) is 0 Å². The third-order valence-corrected chi connectivity index (χ3v) is 3.67. The normalized spacial score (nSPS) is 17.6. The van der Waals surface area contributed by atoms with Gasteiger partial charge in [-0.2, -0.15) is 0 Å². The maximum Gasteiger partial charge on any atom is 0.0685 e. The molecule has 2 nitrogen and oxygen atoms in total. The second-order valence-electron chi connectivity index (χ2n) is 4.72. The van der Waals surface area contributed by atoms with E-state index in [1.807, 2.05) is 6.21 Å². The van der Waals surface area contributed by atoms with Crippen molar-refractivity contribution in [2.24, 2.45) is 4.99 Å². The average Bonchev–Trinajstić information content (AvgIpc) is 2.76. The lowest BCUT2D eigenvalue weighted by molar-refractivity contribution is 1.10. The first-order chi connectivity index (χ1) is 8.04. The predicted molar refractivity (Wildman–Crippen MR) is 74.5 cm³/mol. The minimum absolute atomic E-state index is 1.04. The summed E-state index contributed by atoms with van der Waals surface area (Å²) in [5.74, 6) is 0. The number of H-pyrrole nitrogens is 1. The fourth-order valence-corrected chi connectivity index (χ4v) is 2.26. The lowest BCUT2D eigenvalue weighted by Gasteiger charge is -2.02. The number of aryl methyl sites for hydroxylation is 1. The summed E-state index contributed by atoms with van der Waals surface area (Å²) < 4.78 is 0. The van der Waals surface area contributed by atoms with Gasteiger partial charge in [0.25, 0.3) is 0 Å². The standard InChI is InChI=1S/C15H20N2/c1-6-13-9(2)8-16-15(13)7-14-11(4)10(3)12(5)17-14/h7-8,17H,6H2,1-5H3/b15-7-. The molecule has 17 heavy (non-hydrogen) atoms. The maximum absolute atomic E-state index is 4.49. The van der Waals surface area contributed by atoms with Crippen LogP contribution in [0.4, 0.5) is 0 Å². The molecule has 1 aromatic heterocycles. The molecule has 0 aromatic carbocycles. The summed E-state index contributed by atoms with van der Waals surface area (Å²) in [5, 5.41) is 0. The van der Waals surface area contributed by atoms with Crippen LogP contribution in [0.1, 0.15) is 42.8 Å². The zero-order valence-corrected chi connectivity index (χ0v) is 11.3. The van der Waals surface area contributed by atoms with Gasteiger partial charge >= 0.3 is 0 Å². The number of aromatic nitrogens is 1. The number of hydrogen-bond donors (Lipinski definition) is 1. The van der Waals surface area contributed by atoms with E-state index >= 15 is 0 Å². The van der Waals surface area contributed by atoms with Crippen molar-refractivity contribution in [2.75, 3.05) is 0 Å². The molecule has 0 amide bonds. The minimum atomic E-state index is 1.04. The second kappa shape index (κ2) is 4.36. The maximum atomic E-state index is 4.49. The van der Waals surface area contributed by atoms with Crippen LogP contribution in [0.25, 0.3) is 6.08 Å². The van der Waals surface area contributed by atoms with Crippen LogP contribution in [-0.2, 0) is 0 Å². The Morgan fingerprint density at radius 3 is 2.41 bits per heavy atom. The minimum Gasteiger partial charge on any atom is -0.359 e. The van der Waals surface area contributed by atoms with Gasteiger partial charge in [0.05, 0.1) is 5.70 Å². The zero-order chi connectivity index (χ0) is 12.6. The highest BCUT2D eigenvalue weighted by atomic mass is 14.8. The molecule has 0 radical (unpaired) electrons. The molecule has 1 aromatic rings. The van der Waals surface area contributed by atoms with Gasteiger partial charge in [-0.3, -0.25) is 4.99 Å². The molecule has 1 aliphatic heterocycles. The molecular weight excluding hydrogens is 208 g/mol. The first-order valence-electron chi connectivity index (χ1n) is 6.16. The lowest BCUT2D eigenvalue weighted by Crippen LogP contribution is -1.85. The number of hydrogen-bond acceptors (Lipinski definition) is 1. The van der Waals surface area contributed by atoms with Crippen LogP contribution in [-0.4, -0.2) is 11.2 Å². The molecule has 90 valence electrons. The number of nitrogens with zero attached hydrogens (tertiary/aromatic N) is 1. The van der Waals surface area contributed by atoms with Crippen LogP contribution >= 0.6 is 0 Å². The number of allylic oxidation sites excluding steroid dienone is 2. The Balaban J connectivity index is 2.45. The van der Waals surface area contributed by atoms with Crippen molar-refractivity contribution in [2.45, 2.75) is 41.0 Å². The number of aromatic amines is 1. The third kappa shape index (κ3) is 1.99. The molecule has 1 N–H and O–H groups in total. The Kier molecular flexibility index (Phi) is 3.05. The Hall–Kier alpha value is -1.57. The van der Waals surface area contributed by atoms with Gasteiger partial charge < -0.3 is 4.98 Å². The Morgan fingerprint density at radius 2 is 1.88 bits per heavy atom. The molecule has 0 spiro atoms. The average molecular weight is 228 g/mol. The van der Waals surface area contributed by atoms with Crippen LogP contribution in [0.15, 0.2) is 21.8 Å². The van der Waals surface area contributed by atoms with Crippen LogP contribution < -0.4 is 0 Å². The number of aliphatic imine (C=N–C) groups is 1. The van der Waals surface area contributed by atoms with E-state index in [1.165, 1.54) is 33.7 Å². The molecular formula is C15H20N2. The molecule has 0 aliphatic carbocycles. The summed E-state index contributed by atoms with van der Waals surface area (Å²) in [6, 6.07) is 0. The van der Waals surface area contributed by atoms with Crippen LogP contribution in [0.3, 0.4) is 0 Å².